The van der Waals surface area contributed by atoms with Gasteiger partial charge in [-0.1, -0.05) is 27.2 Å². The fraction of sp³-hybridized carbons (Fsp3) is 0.622. The average Bonchev–Trinajstić information content (AvgIpc) is 1.64. The minimum absolute atomic E-state index is 0.282. The first-order valence-corrected chi connectivity index (χ1v) is 57.7. The second kappa shape index (κ2) is 41.0. The van der Waals surface area contributed by atoms with Crippen molar-refractivity contribution in [2.45, 2.75) is 221 Å². The number of fused-ring (bicyclic) bond motifs is 5. The third-order valence-corrected chi connectivity index (χ3v) is 29.8. The highest BCUT2D eigenvalue weighted by Gasteiger charge is 2.50. The highest BCUT2D eigenvalue weighted by molar-refractivity contribution is 7.73. The van der Waals surface area contributed by atoms with E-state index in [2.05, 4.69) is 175 Å². The Kier molecular flexibility index (Phi) is 32.3. The fourth-order valence-corrected chi connectivity index (χ4v) is 20.2. The Balaban J connectivity index is 0.000000153. The van der Waals surface area contributed by atoms with Gasteiger partial charge in [-0.05, 0) is 155 Å². The van der Waals surface area contributed by atoms with Crippen LogP contribution in [0.1, 0.15) is 127 Å². The Morgan fingerprint density at radius 3 is 0.976 bits per heavy atom. The van der Waals surface area contributed by atoms with Crippen molar-refractivity contribution < 1.29 is 74.4 Å². The molecule has 0 saturated carbocycles. The van der Waals surface area contributed by atoms with Gasteiger partial charge in [0.1, 0.15) is 112 Å². The van der Waals surface area contributed by atoms with Crippen LogP contribution in [0, 0.1) is 6.92 Å². The van der Waals surface area contributed by atoms with Gasteiger partial charge in [-0.3, -0.25) is 22.8 Å². The zero-order chi connectivity index (χ0) is 92.3. The largest absolute Gasteiger partial charge is 0.397 e. The van der Waals surface area contributed by atoms with Crippen molar-refractivity contribution in [3.05, 3.63) is 67.2 Å². The topological polar surface area (TPSA) is 573 Å². The summed E-state index contributed by atoms with van der Waals surface area (Å²) in [6.07, 6.45) is 28.3. The van der Waals surface area contributed by atoms with Crippen molar-refractivity contribution in [1.82, 2.24) is 92.6 Å². The van der Waals surface area contributed by atoms with E-state index in [1.807, 2.05) is 13.8 Å². The van der Waals surface area contributed by atoms with Gasteiger partial charge in [0, 0.05) is 32.6 Å². The number of rotatable bonds is 27. The van der Waals surface area contributed by atoms with Crippen molar-refractivity contribution in [3.63, 3.8) is 0 Å². The molecular weight excluding hydrogens is 1720 g/mol. The minimum Gasteiger partial charge on any atom is -0.397 e. The molecule has 5 fully saturated rings. The quantitative estimate of drug-likeness (QED) is 0.0299. The van der Waals surface area contributed by atoms with Gasteiger partial charge in [0.25, 0.3) is 0 Å². The zero-order valence-electron chi connectivity index (χ0n) is 75.0. The molecule has 696 valence electrons. The lowest BCUT2D eigenvalue weighted by atomic mass is 10.1. The van der Waals surface area contributed by atoms with Crippen molar-refractivity contribution in [1.29, 1.82) is 0 Å². The maximum absolute atomic E-state index is 10.6. The maximum Gasteiger partial charge on any atom is 0.167 e. The standard InChI is InChI=1S/C18H30N5O3P.C17H28N5O3P.C16H26N5O3P.C16H25N4O3P.C15H24N5O3P/c1-5-6-7-12-21-16(19)13-17(22-12)23(10-20-13)18-15(25)14(24)11(26-18)8-9-27(2,3)4;1-5-6-11-20-15(18)12-16(21-11)22(9-19-12)17-14(24)13(23)10(25-17)7-8-26(2,3)4;1-5-10-19-14(17)11-15(20-10)21(8-18-11)16-13(23)12(22)9(24-16)6-7-25(2,3)4;1-22-14-13(21)11(6-8-24(2,3)4)23-16(14)20-9-19-12-10(17)5-7-18-15(12)20;1-8-18-13(16)10-14(19-8)20(7-17-10)15-12(22)11(21)9(23-15)5-6-24(2,3)4/h10-11,14-15,18,24-25H,2,5-9H2,1,3-4H3,(H2,19,21,22);9-10,13-14,17,23-24H,2,5-8H2,1,3-4H3,(H2,18,20,21);8-9,12-13,16,22-23H,2,5-7H2,1,3-4H3,(H2,17,19,20);5,7,9,11,13-14,16,21H,2,6,8H2,1,3-4H3,(H2,17,18);7,9,11-12,15,21-22H,2,5-6H2,1,3-4H3,(H2,16,18,19)/t11-,14-,15-,18-;10-,13-,14-,17-;9-,12-,13-,16-;11-,13-,14-,16-;9-,11-,12-,15-/m11111/s1. The number of aromatic nitrogens is 19. The van der Waals surface area contributed by atoms with Gasteiger partial charge in [-0.25, -0.2) is 69.8 Å². The third kappa shape index (κ3) is 23.7. The molecule has 15 rings (SSSR count). The Morgan fingerprint density at radius 1 is 0.357 bits per heavy atom. The van der Waals surface area contributed by atoms with E-state index < -0.39 is 151 Å². The van der Waals surface area contributed by atoms with Gasteiger partial charge in [0.2, 0.25) is 0 Å². The number of ether oxygens (including phenoxy) is 6. The number of unbranched alkanes of at least 4 members (excludes halogenated alkanes) is 1. The molecule has 0 unspecified atom stereocenters. The number of hydrogen-bond acceptors (Lipinski definition) is 34. The van der Waals surface area contributed by atoms with Crippen LogP contribution in [0.5, 0.6) is 0 Å². The van der Waals surface area contributed by atoms with E-state index in [0.717, 1.165) is 62.9 Å². The molecular formula is C82H133N24O15P5. The number of anilines is 5. The van der Waals surface area contributed by atoms with E-state index >= 15 is 0 Å². The molecule has 0 bridgehead atoms. The second-order valence-electron chi connectivity index (χ2n) is 36.6. The van der Waals surface area contributed by atoms with Crippen LogP contribution in [0.15, 0.2) is 43.9 Å². The van der Waals surface area contributed by atoms with Crippen LogP contribution in [0.4, 0.5) is 29.0 Å². The molecule has 39 nitrogen and oxygen atoms in total. The first-order chi connectivity index (χ1) is 59.1. The van der Waals surface area contributed by atoms with Crippen LogP contribution in [0.25, 0.3) is 55.8 Å². The van der Waals surface area contributed by atoms with Crippen molar-refractivity contribution in [3.8, 4) is 0 Å². The third-order valence-electron chi connectivity index (χ3n) is 22.5. The molecule has 0 radical (unpaired) electrons. The van der Waals surface area contributed by atoms with Gasteiger partial charge in [-0.15, -0.1) is 65.9 Å². The molecule has 10 aromatic heterocycles. The molecule has 126 heavy (non-hydrogen) atoms. The molecule has 44 heteroatoms. The average molecular weight is 1850 g/mol. The van der Waals surface area contributed by atoms with E-state index in [-0.39, 0.29) is 11.9 Å². The molecule has 0 amide bonds. The summed E-state index contributed by atoms with van der Waals surface area (Å²) in [5, 5.41) is 94.2. The smallest absolute Gasteiger partial charge is 0.167 e. The molecule has 5 saturated heterocycles. The van der Waals surface area contributed by atoms with Crippen molar-refractivity contribution in [2.75, 3.05) is 133 Å². The van der Waals surface area contributed by atoms with Gasteiger partial charge >= 0.3 is 0 Å². The number of nitrogen functional groups attached to an aromatic ring is 5. The van der Waals surface area contributed by atoms with Crippen LogP contribution >= 0.6 is 34.4 Å². The van der Waals surface area contributed by atoms with Gasteiger partial charge in [-0.2, -0.15) is 0 Å². The van der Waals surface area contributed by atoms with Crippen molar-refractivity contribution >= 4 is 151 Å². The number of methoxy groups -OCH3 is 1. The maximum atomic E-state index is 10.6. The molecule has 19 N–H and O–H groups in total. The van der Waals surface area contributed by atoms with Gasteiger partial charge in [0.05, 0.1) is 67.8 Å². The number of aliphatic hydroxyl groups excluding tert-OH is 9. The van der Waals surface area contributed by atoms with E-state index in [9.17, 15) is 46.0 Å². The first-order valence-electron chi connectivity index (χ1n) is 42.4. The summed E-state index contributed by atoms with van der Waals surface area (Å²) in [5.41, 5.74) is 35.5. The predicted molar refractivity (Wildman–Crippen MR) is 509 cm³/mol. The number of aryl methyl sites for hydroxylation is 4. The molecule has 20 atom stereocenters. The lowest BCUT2D eigenvalue weighted by Gasteiger charge is -2.20. The Hall–Kier alpha value is -7.28. The summed E-state index contributed by atoms with van der Waals surface area (Å²) in [6, 6.07) is 1.71. The highest BCUT2D eigenvalue weighted by Crippen LogP contribution is 2.47. The molecule has 0 spiro atoms. The molecule has 0 aromatic carbocycles. The molecule has 15 heterocycles. The van der Waals surface area contributed by atoms with Gasteiger partial charge < -0.3 is 103 Å². The van der Waals surface area contributed by atoms with Crippen LogP contribution in [0.3, 0.4) is 0 Å². The van der Waals surface area contributed by atoms with Crippen LogP contribution in [0.2, 0.25) is 0 Å². The van der Waals surface area contributed by atoms with E-state index in [1.165, 1.54) is 19.0 Å². The molecule has 5 aliphatic heterocycles. The van der Waals surface area contributed by atoms with Crippen LogP contribution in [-0.2, 0) is 47.7 Å². The summed E-state index contributed by atoms with van der Waals surface area (Å²) in [7, 11) is 1.58. The van der Waals surface area contributed by atoms with Gasteiger partial charge in [0.15, 0.2) is 82.6 Å². The van der Waals surface area contributed by atoms with Crippen LogP contribution in [-0.4, -0.2) is 366 Å². The SMILES string of the molecule is C=P(C)(C)CC[C@H]1O[C@@H](n2cnc3c(N)ccnc32)[C@H](OC)[C@@H]1O.C=P(C)(C)CC[C@H]1O[C@@H](n2cnc3c(N)nc(C)nc32)[C@H](O)[C@@H]1O.C=P(C)(C)CC[C@H]1O[C@@H](n2cnc3c(N)nc(CC)nc32)[C@H](O)[C@@H]1O.C=P(C)(C)CC[C@H]1O[C@@H](n2cnc3c(N)nc(CCC)nc32)[C@H](O)[C@@H]1O.C=P(C)(C)CC[C@H]1O[C@@H](n2cnc3c(N)nc(CCCC)nc32)[C@H](O)[C@@H]1O. The Morgan fingerprint density at radius 2 is 0.651 bits per heavy atom. The Labute approximate surface area is 735 Å². The van der Waals surface area contributed by atoms with Crippen LogP contribution < -0.4 is 28.7 Å². The number of nitrogens with zero attached hydrogens (tertiary/aromatic N) is 19. The number of hydrogen-bond donors (Lipinski definition) is 14. The lowest BCUT2D eigenvalue weighted by Crippen LogP contribution is -2.33. The summed E-state index contributed by atoms with van der Waals surface area (Å²) < 4.78 is 43.8. The van der Waals surface area contributed by atoms with E-state index in [1.54, 1.807) is 61.8 Å². The summed E-state index contributed by atoms with van der Waals surface area (Å²) in [5.74, 6) is 3.60. The number of imidazole rings is 5. The fourth-order valence-electron chi connectivity index (χ4n) is 15.4. The summed E-state index contributed by atoms with van der Waals surface area (Å²) >= 11 is 0. The van der Waals surface area contributed by atoms with E-state index in [4.69, 9.17) is 57.1 Å². The molecule has 5 aliphatic rings. The zero-order valence-corrected chi connectivity index (χ0v) is 79.5. The predicted octanol–water partition coefficient (Wildman–Crippen LogP) is 5.06. The molecule has 10 aromatic rings. The molecule has 0 aliphatic carbocycles. The second-order valence-corrected chi connectivity index (χ2v) is 58.2. The number of nitrogens with two attached hydrogens (primary N) is 5. The minimum atomic E-state index is -1.24. The Bertz CT molecular complexity index is 5650. The monoisotopic (exact) mass is 1850 g/mol. The highest BCUT2D eigenvalue weighted by atomic mass is 31.2. The lowest BCUT2D eigenvalue weighted by molar-refractivity contribution is -0.0496. The normalized spacial score (nSPS) is 27.1. The van der Waals surface area contributed by atoms with E-state index in [0.29, 0.717) is 141 Å². The number of aliphatic hydroxyl groups is 9. The summed E-state index contributed by atoms with van der Waals surface area (Å²) in [4.78, 5) is 60.5. The summed E-state index contributed by atoms with van der Waals surface area (Å²) in [6.45, 7) is 23.2. The van der Waals surface area contributed by atoms with Crippen molar-refractivity contribution in [2.24, 2.45) is 0 Å². The number of pyridine rings is 1. The first kappa shape index (κ1) is 99.3.